The smallest absolute Gasteiger partial charge is 0.119 e. The average Bonchev–Trinajstić information content (AvgIpc) is 2.26. The Bertz CT molecular complexity index is 456. The average molecular weight is 308 g/mol. The van der Waals surface area contributed by atoms with E-state index in [4.69, 9.17) is 4.74 Å². The summed E-state index contributed by atoms with van der Waals surface area (Å²) in [5.41, 5.74) is -2.90. The van der Waals surface area contributed by atoms with Gasteiger partial charge in [0, 0.05) is 0 Å². The van der Waals surface area contributed by atoms with E-state index in [0.29, 0.717) is 5.75 Å². The van der Waals surface area contributed by atoms with E-state index in [-0.39, 0.29) is 6.61 Å². The summed E-state index contributed by atoms with van der Waals surface area (Å²) in [6.45, 7) is -0.733. The van der Waals surface area contributed by atoms with Crippen LogP contribution in [0.2, 0.25) is 0 Å². The summed E-state index contributed by atoms with van der Waals surface area (Å²) < 4.78 is 30.5. The topological polar surface area (TPSA) is 145 Å². The van der Waals surface area contributed by atoms with Crippen molar-refractivity contribution < 1.29 is 38.2 Å². The first-order chi connectivity index (χ1) is 8.71. The molecular weight excluding hydrogens is 298 g/mol. The van der Waals surface area contributed by atoms with Crippen LogP contribution < -0.4 is 24.3 Å². The van der Waals surface area contributed by atoms with Crippen LogP contribution in [0.3, 0.4) is 0 Å². The van der Waals surface area contributed by atoms with Gasteiger partial charge in [0.05, 0.1) is 6.61 Å². The molecule has 0 atom stereocenters. The summed E-state index contributed by atoms with van der Waals surface area (Å²) in [4.78, 5) is 42.3. The molecule has 0 aliphatic carbocycles. The van der Waals surface area contributed by atoms with Crippen molar-refractivity contribution in [3.05, 3.63) is 30.3 Å². The number of para-hydroxylation sites is 1. The van der Waals surface area contributed by atoms with Crippen LogP contribution in [0.1, 0.15) is 0 Å². The molecule has 1 aromatic carbocycles. The van der Waals surface area contributed by atoms with Gasteiger partial charge >= 0.3 is 0 Å². The predicted octanol–water partition coefficient (Wildman–Crippen LogP) is -1.81. The van der Waals surface area contributed by atoms with Crippen LogP contribution in [0.4, 0.5) is 0 Å². The molecule has 8 nitrogen and oxygen atoms in total. The Morgan fingerprint density at radius 1 is 0.947 bits per heavy atom. The molecule has 0 aliphatic heterocycles. The molecule has 0 fully saturated rings. The van der Waals surface area contributed by atoms with Gasteiger partial charge in [-0.2, -0.15) is 0 Å². The fourth-order valence-electron chi connectivity index (χ4n) is 1.19. The Morgan fingerprint density at radius 2 is 1.47 bits per heavy atom. The van der Waals surface area contributed by atoms with Crippen LogP contribution in [0.15, 0.2) is 30.3 Å². The van der Waals surface area contributed by atoms with Crippen LogP contribution in [0.25, 0.3) is 0 Å². The zero-order chi connectivity index (χ0) is 14.5. The second kappa shape index (κ2) is 6.63. The quantitative estimate of drug-likeness (QED) is 0.423. The fourth-order valence-corrected chi connectivity index (χ4v) is 3.15. The summed E-state index contributed by atoms with van der Waals surface area (Å²) in [6, 6.07) is 8.33. The molecule has 10 heteroatoms. The van der Waals surface area contributed by atoms with E-state index in [2.05, 4.69) is 4.74 Å². The Kier molecular flexibility index (Phi) is 5.70. The summed E-state index contributed by atoms with van der Waals surface area (Å²) >= 11 is 0. The van der Waals surface area contributed by atoms with Crippen LogP contribution in [0, 0.1) is 0 Å². The normalized spacial score (nSPS) is 12.7. The summed E-state index contributed by atoms with van der Waals surface area (Å²) in [6.07, 6.45) is 0. The number of benzene rings is 1. The molecule has 0 N–H and O–H groups in total. The number of ether oxygens (including phenoxy) is 2. The van der Waals surface area contributed by atoms with Crippen molar-refractivity contribution in [1.29, 1.82) is 0 Å². The second-order valence-corrected chi connectivity index (χ2v) is 6.94. The number of hydrogen-bond acceptors (Lipinski definition) is 8. The Morgan fingerprint density at radius 3 is 1.95 bits per heavy atom. The minimum atomic E-state index is -5.68. The summed E-state index contributed by atoms with van der Waals surface area (Å²) in [5, 5.41) is 0. The third kappa shape index (κ3) is 5.84. The molecule has 0 unspecified atom stereocenters. The van der Waals surface area contributed by atoms with Gasteiger partial charge in [0.25, 0.3) is 0 Å². The number of hydrogen-bond donors (Lipinski definition) is 0. The minimum absolute atomic E-state index is 0.208. The van der Waals surface area contributed by atoms with Gasteiger partial charge in [0.2, 0.25) is 0 Å². The Labute approximate surface area is 109 Å². The zero-order valence-electron chi connectivity index (χ0n) is 9.54. The van der Waals surface area contributed by atoms with Crippen LogP contribution in [-0.2, 0) is 13.9 Å². The zero-order valence-corrected chi connectivity index (χ0v) is 11.3. The van der Waals surface area contributed by atoms with Crippen molar-refractivity contribution in [3.8, 4) is 5.75 Å². The lowest BCUT2D eigenvalue weighted by molar-refractivity contribution is -0.340. The van der Waals surface area contributed by atoms with Crippen molar-refractivity contribution >= 4 is 15.2 Å². The lowest BCUT2D eigenvalue weighted by atomic mass is 10.3. The molecule has 0 amide bonds. The van der Waals surface area contributed by atoms with Gasteiger partial charge in [-0.05, 0) is 27.3 Å². The molecule has 0 saturated carbocycles. The highest BCUT2D eigenvalue weighted by Gasteiger charge is 2.17. The molecule has 0 aromatic heterocycles. The largest absolute Gasteiger partial charge is 0.809 e. The molecule has 1 aromatic rings. The minimum Gasteiger partial charge on any atom is -0.809 e. The first-order valence-corrected chi connectivity index (χ1v) is 8.26. The van der Waals surface area contributed by atoms with Gasteiger partial charge in [-0.15, -0.1) is 0 Å². The predicted molar refractivity (Wildman–Crippen MR) is 56.9 cm³/mol. The van der Waals surface area contributed by atoms with E-state index in [0.717, 1.165) is 0 Å². The highest BCUT2D eigenvalue weighted by molar-refractivity contribution is 7.67. The van der Waals surface area contributed by atoms with Crippen molar-refractivity contribution in [3.63, 3.8) is 0 Å². The first-order valence-electron chi connectivity index (χ1n) is 5.04. The molecule has 0 heterocycles. The summed E-state index contributed by atoms with van der Waals surface area (Å²) in [5.74, 6) is 0.447. The van der Waals surface area contributed by atoms with Gasteiger partial charge in [-0.1, -0.05) is 18.2 Å². The second-order valence-electron chi connectivity index (χ2n) is 3.44. The van der Waals surface area contributed by atoms with Crippen LogP contribution in [-0.4, -0.2) is 18.8 Å². The highest BCUT2D eigenvalue weighted by atomic mass is 31.2. The van der Waals surface area contributed by atoms with Gasteiger partial charge < -0.3 is 38.2 Å². The first kappa shape index (κ1) is 16.3. The van der Waals surface area contributed by atoms with Crippen LogP contribution >= 0.6 is 15.2 Å². The molecule has 0 saturated heterocycles. The van der Waals surface area contributed by atoms with E-state index < -0.39 is 27.4 Å². The van der Waals surface area contributed by atoms with Gasteiger partial charge in [-0.25, -0.2) is 0 Å². The molecule has 0 spiro atoms. The van der Waals surface area contributed by atoms with Crippen molar-refractivity contribution in [1.82, 2.24) is 0 Å². The maximum Gasteiger partial charge on any atom is 0.119 e. The monoisotopic (exact) mass is 308 g/mol. The van der Waals surface area contributed by atoms with Gasteiger partial charge in [0.1, 0.15) is 17.9 Å². The lowest BCUT2D eigenvalue weighted by Gasteiger charge is -2.48. The Balaban J connectivity index is 2.46. The van der Waals surface area contributed by atoms with Crippen LogP contribution in [0.5, 0.6) is 5.75 Å². The van der Waals surface area contributed by atoms with E-state index in [1.807, 2.05) is 0 Å². The van der Waals surface area contributed by atoms with Gasteiger partial charge in [0.15, 0.2) is 0 Å². The maximum atomic E-state index is 10.6. The molecule has 0 bridgehead atoms. The lowest BCUT2D eigenvalue weighted by Crippen LogP contribution is -2.36. The van der Waals surface area contributed by atoms with Crippen molar-refractivity contribution in [2.75, 3.05) is 13.2 Å². The highest BCUT2D eigenvalue weighted by Crippen LogP contribution is 2.50. The molecule has 19 heavy (non-hydrogen) atoms. The maximum absolute atomic E-state index is 10.6. The Hall–Kier alpha value is -0.720. The van der Waals surface area contributed by atoms with E-state index in [9.17, 15) is 28.7 Å². The number of rotatable bonds is 7. The molecule has 1 rings (SSSR count). The molecule has 108 valence electrons. The molecule has 0 aliphatic rings. The van der Waals surface area contributed by atoms with Crippen molar-refractivity contribution in [2.45, 2.75) is 5.59 Å². The third-order valence-electron chi connectivity index (χ3n) is 1.90. The van der Waals surface area contributed by atoms with E-state index in [1.165, 1.54) is 0 Å². The van der Waals surface area contributed by atoms with Gasteiger partial charge in [-0.3, -0.25) is 0 Å². The van der Waals surface area contributed by atoms with E-state index in [1.54, 1.807) is 30.3 Å². The van der Waals surface area contributed by atoms with Crippen molar-refractivity contribution in [2.24, 2.45) is 0 Å². The standard InChI is InChI=1S/C9H14O8P2/c10-18(11,12)9(19(13,14)15)17-7-6-16-8-4-2-1-3-5-8/h1-5,9H,6-7H2,(H2,10,11,12)(H2,13,14,15)/p-4. The fraction of sp³-hybridized carbons (Fsp3) is 0.333. The molecular formula is C9H10O8P2-4. The SMILES string of the molecule is O=P([O-])([O-])C(OCCOc1ccccc1)P(=O)([O-])[O-]. The van der Waals surface area contributed by atoms with E-state index >= 15 is 0 Å². The third-order valence-corrected chi connectivity index (χ3v) is 4.98. The summed E-state index contributed by atoms with van der Waals surface area (Å²) in [7, 11) is -11.4. The molecule has 0 radical (unpaired) electrons.